The standard InChI is InChI=1S/C19H27N5O2.CH2O2/c1-15-20-18(21-26-15)24-9-8-19(25,16-6-4-3-5-7-16)17(14-24)23-12-10-22(2)11-13-23;2-1-3/h3-7,17,25H,8-14H2,1-2H3;1H,(H,2,3)/t17-,19+;/m1./s1. The molecule has 1 aromatic heterocycles. The zero-order valence-corrected chi connectivity index (χ0v) is 16.9. The molecule has 0 saturated carbocycles. The smallest absolute Gasteiger partial charge is 0.290 e. The Bertz CT molecular complexity index is 778. The van der Waals surface area contributed by atoms with E-state index in [0.29, 0.717) is 31.3 Å². The van der Waals surface area contributed by atoms with E-state index in [1.54, 1.807) is 6.92 Å². The van der Waals surface area contributed by atoms with Crippen molar-refractivity contribution >= 4 is 12.4 Å². The number of rotatable bonds is 3. The highest BCUT2D eigenvalue weighted by molar-refractivity contribution is 5.35. The molecule has 2 saturated heterocycles. The molecule has 2 aliphatic rings. The number of carboxylic acid groups (broad SMARTS) is 1. The van der Waals surface area contributed by atoms with Gasteiger partial charge in [0.1, 0.15) is 5.60 Å². The molecule has 0 radical (unpaired) electrons. The normalized spacial score (nSPS) is 25.9. The van der Waals surface area contributed by atoms with Crippen molar-refractivity contribution < 1.29 is 19.5 Å². The van der Waals surface area contributed by atoms with E-state index in [1.165, 1.54) is 0 Å². The predicted octanol–water partition coefficient (Wildman–Crippen LogP) is 0.793. The minimum atomic E-state index is -0.869. The molecule has 0 amide bonds. The Morgan fingerprint density at radius 3 is 2.41 bits per heavy atom. The zero-order valence-electron chi connectivity index (χ0n) is 16.9. The fourth-order valence-electron chi connectivity index (χ4n) is 4.14. The van der Waals surface area contributed by atoms with E-state index in [1.807, 2.05) is 30.3 Å². The van der Waals surface area contributed by atoms with Gasteiger partial charge in [0.15, 0.2) is 0 Å². The van der Waals surface area contributed by atoms with Crippen LogP contribution in [0.2, 0.25) is 0 Å². The van der Waals surface area contributed by atoms with Crippen molar-refractivity contribution in [2.45, 2.75) is 25.0 Å². The summed E-state index contributed by atoms with van der Waals surface area (Å²) < 4.78 is 5.16. The van der Waals surface area contributed by atoms with Gasteiger partial charge in [0, 0.05) is 46.2 Å². The van der Waals surface area contributed by atoms with Gasteiger partial charge < -0.3 is 24.5 Å². The number of carbonyl (C=O) groups is 1. The van der Waals surface area contributed by atoms with Gasteiger partial charge in [-0.15, -0.1) is 0 Å². The lowest BCUT2D eigenvalue weighted by atomic mass is 9.79. The lowest BCUT2D eigenvalue weighted by Crippen LogP contribution is -2.64. The summed E-state index contributed by atoms with van der Waals surface area (Å²) in [6.45, 7) is 6.89. The summed E-state index contributed by atoms with van der Waals surface area (Å²) in [7, 11) is 2.15. The summed E-state index contributed by atoms with van der Waals surface area (Å²) in [5.74, 6) is 1.19. The van der Waals surface area contributed by atoms with Gasteiger partial charge in [-0.05, 0) is 24.2 Å². The van der Waals surface area contributed by atoms with E-state index in [2.05, 4.69) is 31.9 Å². The van der Waals surface area contributed by atoms with Crippen LogP contribution < -0.4 is 4.90 Å². The Hall–Kier alpha value is -2.49. The molecular formula is C20H29N5O4. The number of nitrogens with zero attached hydrogens (tertiary/aromatic N) is 5. The monoisotopic (exact) mass is 403 g/mol. The summed E-state index contributed by atoms with van der Waals surface area (Å²) in [6, 6.07) is 10.1. The van der Waals surface area contributed by atoms with Gasteiger partial charge in [-0.25, -0.2) is 0 Å². The highest BCUT2D eigenvalue weighted by atomic mass is 16.5. The first-order valence-electron chi connectivity index (χ1n) is 9.81. The molecule has 9 heteroatoms. The van der Waals surface area contributed by atoms with E-state index >= 15 is 0 Å². The molecule has 2 atom stereocenters. The molecule has 0 unspecified atom stereocenters. The highest BCUT2D eigenvalue weighted by Gasteiger charge is 2.46. The number of aryl methyl sites for hydroxylation is 1. The molecule has 4 rings (SSSR count). The quantitative estimate of drug-likeness (QED) is 0.720. The summed E-state index contributed by atoms with van der Waals surface area (Å²) >= 11 is 0. The van der Waals surface area contributed by atoms with Gasteiger partial charge in [0.25, 0.3) is 12.4 Å². The first-order valence-corrected chi connectivity index (χ1v) is 9.81. The number of hydrogen-bond acceptors (Lipinski definition) is 8. The second-order valence-corrected chi connectivity index (χ2v) is 7.56. The van der Waals surface area contributed by atoms with Crippen molar-refractivity contribution in [2.24, 2.45) is 0 Å². The van der Waals surface area contributed by atoms with Crippen LogP contribution in [0.25, 0.3) is 0 Å². The topological polar surface area (TPSA) is 106 Å². The molecule has 3 heterocycles. The molecule has 2 aliphatic heterocycles. The number of aromatic nitrogens is 2. The van der Waals surface area contributed by atoms with Gasteiger partial charge in [-0.2, -0.15) is 4.98 Å². The highest BCUT2D eigenvalue weighted by Crippen LogP contribution is 2.37. The van der Waals surface area contributed by atoms with Crippen LogP contribution in [0.5, 0.6) is 0 Å². The first-order chi connectivity index (χ1) is 14.0. The van der Waals surface area contributed by atoms with Crippen molar-refractivity contribution in [3.05, 3.63) is 41.8 Å². The fourth-order valence-corrected chi connectivity index (χ4v) is 4.14. The average molecular weight is 403 g/mol. The van der Waals surface area contributed by atoms with Crippen LogP contribution in [0.15, 0.2) is 34.9 Å². The van der Waals surface area contributed by atoms with Crippen LogP contribution >= 0.6 is 0 Å². The second kappa shape index (κ2) is 9.34. The largest absolute Gasteiger partial charge is 0.483 e. The molecule has 1 aromatic carbocycles. The molecule has 9 nitrogen and oxygen atoms in total. The molecule has 0 spiro atoms. The third-order valence-electron chi connectivity index (χ3n) is 5.76. The maximum absolute atomic E-state index is 11.7. The third-order valence-corrected chi connectivity index (χ3v) is 5.76. The molecule has 2 N–H and O–H groups in total. The first kappa shape index (κ1) is 21.2. The molecular weight excluding hydrogens is 374 g/mol. The second-order valence-electron chi connectivity index (χ2n) is 7.56. The van der Waals surface area contributed by atoms with Crippen molar-refractivity contribution in [1.82, 2.24) is 19.9 Å². The lowest BCUT2D eigenvalue weighted by Gasteiger charge is -2.50. The van der Waals surface area contributed by atoms with E-state index in [4.69, 9.17) is 14.4 Å². The summed E-state index contributed by atoms with van der Waals surface area (Å²) in [6.07, 6.45) is 0.640. The number of hydrogen-bond donors (Lipinski definition) is 2. The Morgan fingerprint density at radius 2 is 1.83 bits per heavy atom. The van der Waals surface area contributed by atoms with Crippen LogP contribution in [0.1, 0.15) is 17.9 Å². The maximum Gasteiger partial charge on any atom is 0.290 e. The van der Waals surface area contributed by atoms with Crippen LogP contribution in [-0.2, 0) is 10.4 Å². The Kier molecular flexibility index (Phi) is 6.83. The molecule has 0 aliphatic carbocycles. The molecule has 29 heavy (non-hydrogen) atoms. The molecule has 2 fully saturated rings. The minimum absolute atomic E-state index is 0.00819. The zero-order chi connectivity index (χ0) is 20.9. The number of piperazine rings is 1. The van der Waals surface area contributed by atoms with Crippen LogP contribution in [0.3, 0.4) is 0 Å². The van der Waals surface area contributed by atoms with Crippen molar-refractivity contribution in [3.63, 3.8) is 0 Å². The number of benzene rings is 1. The number of anilines is 1. The fraction of sp³-hybridized carbons (Fsp3) is 0.550. The molecule has 2 aromatic rings. The van der Waals surface area contributed by atoms with Crippen LogP contribution in [0.4, 0.5) is 5.95 Å². The van der Waals surface area contributed by atoms with Crippen LogP contribution in [0, 0.1) is 6.92 Å². The van der Waals surface area contributed by atoms with Gasteiger partial charge in [-0.1, -0.05) is 30.3 Å². The lowest BCUT2D eigenvalue weighted by molar-refractivity contribution is -0.122. The van der Waals surface area contributed by atoms with E-state index in [9.17, 15) is 5.11 Å². The Morgan fingerprint density at radius 1 is 1.17 bits per heavy atom. The Balaban J connectivity index is 0.000000755. The van der Waals surface area contributed by atoms with Crippen molar-refractivity contribution in [1.29, 1.82) is 0 Å². The van der Waals surface area contributed by atoms with E-state index < -0.39 is 5.60 Å². The summed E-state index contributed by atoms with van der Waals surface area (Å²) in [5, 5.41) is 22.7. The SMILES string of the molecule is Cc1nc(N2CC[C@](O)(c3ccccc3)[C@H](N3CCN(C)CC3)C2)no1.O=CO. The molecule has 0 bridgehead atoms. The van der Waals surface area contributed by atoms with Gasteiger partial charge in [0.05, 0.1) is 6.04 Å². The van der Waals surface area contributed by atoms with E-state index in [-0.39, 0.29) is 12.5 Å². The minimum Gasteiger partial charge on any atom is -0.483 e. The predicted molar refractivity (Wildman–Crippen MR) is 108 cm³/mol. The maximum atomic E-state index is 11.7. The van der Waals surface area contributed by atoms with Gasteiger partial charge >= 0.3 is 0 Å². The van der Waals surface area contributed by atoms with E-state index in [0.717, 1.165) is 31.7 Å². The number of likely N-dealkylation sites (N-methyl/N-ethyl adjacent to an activating group) is 1. The summed E-state index contributed by atoms with van der Waals surface area (Å²) in [5.41, 5.74) is 0.125. The Labute approximate surface area is 170 Å². The van der Waals surface area contributed by atoms with Crippen molar-refractivity contribution in [2.75, 3.05) is 51.2 Å². The van der Waals surface area contributed by atoms with Crippen LogP contribution in [-0.4, -0.2) is 89.0 Å². The molecule has 158 valence electrons. The number of piperidine rings is 1. The summed E-state index contributed by atoms with van der Waals surface area (Å²) in [4.78, 5) is 19.6. The third kappa shape index (κ3) is 4.75. The van der Waals surface area contributed by atoms with Gasteiger partial charge in [0.2, 0.25) is 5.89 Å². The van der Waals surface area contributed by atoms with Gasteiger partial charge in [-0.3, -0.25) is 9.69 Å². The number of aliphatic hydroxyl groups is 1. The average Bonchev–Trinajstić information content (AvgIpc) is 3.17. The van der Waals surface area contributed by atoms with Crippen molar-refractivity contribution in [3.8, 4) is 0 Å².